The first-order valence-electron chi connectivity index (χ1n) is 12.5. The minimum Gasteiger partial charge on any atom is -0.485 e. The van der Waals surface area contributed by atoms with Crippen molar-refractivity contribution in [3.63, 3.8) is 0 Å². The molecule has 0 spiro atoms. The van der Waals surface area contributed by atoms with Gasteiger partial charge in [0.15, 0.2) is 5.78 Å². The third kappa shape index (κ3) is 4.09. The SMILES string of the molecule is O=CC1=C[C@H]2[C@H](c3ccccc3O[C@H]2c2ccccc2)[C@H](C(=O)c2ccc(F)cc2)[C@H]1c1ccccc1. The van der Waals surface area contributed by atoms with E-state index in [9.17, 15) is 14.0 Å². The maximum Gasteiger partial charge on any atom is 0.167 e. The topological polar surface area (TPSA) is 43.4 Å². The summed E-state index contributed by atoms with van der Waals surface area (Å²) in [4.78, 5) is 26.9. The fraction of sp³-hybridized carbons (Fsp3) is 0.152. The number of hydrogen-bond donors (Lipinski definition) is 0. The monoisotopic (exact) mass is 488 g/mol. The third-order valence-corrected chi connectivity index (χ3v) is 7.64. The summed E-state index contributed by atoms with van der Waals surface area (Å²) in [6.45, 7) is 0. The predicted molar refractivity (Wildman–Crippen MR) is 140 cm³/mol. The number of carbonyl (C=O) groups is 2. The zero-order valence-electron chi connectivity index (χ0n) is 20.0. The van der Waals surface area contributed by atoms with Crippen molar-refractivity contribution in [3.8, 4) is 5.75 Å². The number of ketones is 1. The largest absolute Gasteiger partial charge is 0.485 e. The van der Waals surface area contributed by atoms with Gasteiger partial charge >= 0.3 is 0 Å². The van der Waals surface area contributed by atoms with Gasteiger partial charge in [0.2, 0.25) is 0 Å². The summed E-state index contributed by atoms with van der Waals surface area (Å²) >= 11 is 0. The fourth-order valence-electron chi connectivity index (χ4n) is 6.07. The molecule has 4 heteroatoms. The lowest BCUT2D eigenvalue weighted by Crippen LogP contribution is -2.42. The molecule has 0 bridgehead atoms. The number of aldehydes is 1. The number of hydrogen-bond acceptors (Lipinski definition) is 3. The van der Waals surface area contributed by atoms with Gasteiger partial charge in [-0.05, 0) is 52.6 Å². The first-order chi connectivity index (χ1) is 18.2. The number of halogens is 1. The molecule has 1 heterocycles. The number of allylic oxidation sites excluding steroid dienone is 1. The van der Waals surface area contributed by atoms with Crippen molar-refractivity contribution >= 4 is 12.1 Å². The highest BCUT2D eigenvalue weighted by Gasteiger charge is 2.51. The molecule has 0 saturated heterocycles. The molecular formula is C33H25FO3. The number of Topliss-reactive ketones (excluding diaryl/α,β-unsaturated/α-hetero) is 1. The van der Waals surface area contributed by atoms with Crippen LogP contribution in [0.1, 0.15) is 45.0 Å². The summed E-state index contributed by atoms with van der Waals surface area (Å²) in [5.41, 5.74) is 3.83. The van der Waals surface area contributed by atoms with E-state index in [0.717, 1.165) is 28.7 Å². The number of para-hydroxylation sites is 1. The van der Waals surface area contributed by atoms with Crippen LogP contribution in [-0.4, -0.2) is 12.1 Å². The Hall–Kier alpha value is -4.31. The molecular weight excluding hydrogens is 463 g/mol. The van der Waals surface area contributed by atoms with E-state index in [4.69, 9.17) is 4.74 Å². The molecule has 37 heavy (non-hydrogen) atoms. The average molecular weight is 489 g/mol. The Bertz CT molecular complexity index is 1460. The van der Waals surface area contributed by atoms with Gasteiger partial charge in [-0.15, -0.1) is 0 Å². The van der Waals surface area contributed by atoms with Crippen molar-refractivity contribution in [2.75, 3.05) is 0 Å². The highest BCUT2D eigenvalue weighted by molar-refractivity contribution is 6.00. The Balaban J connectivity index is 1.60. The van der Waals surface area contributed by atoms with Crippen molar-refractivity contribution in [3.05, 3.63) is 149 Å². The van der Waals surface area contributed by atoms with Gasteiger partial charge in [0, 0.05) is 29.2 Å². The van der Waals surface area contributed by atoms with Crippen LogP contribution in [0.4, 0.5) is 4.39 Å². The molecule has 6 rings (SSSR count). The lowest BCUT2D eigenvalue weighted by Gasteiger charge is -2.47. The van der Waals surface area contributed by atoms with Gasteiger partial charge in [-0.3, -0.25) is 9.59 Å². The van der Waals surface area contributed by atoms with Gasteiger partial charge in [-0.1, -0.05) is 84.9 Å². The van der Waals surface area contributed by atoms with Gasteiger partial charge in [0.1, 0.15) is 24.0 Å². The average Bonchev–Trinajstić information content (AvgIpc) is 2.96. The van der Waals surface area contributed by atoms with Crippen LogP contribution >= 0.6 is 0 Å². The van der Waals surface area contributed by atoms with E-state index < -0.39 is 17.7 Å². The van der Waals surface area contributed by atoms with Crippen LogP contribution < -0.4 is 4.74 Å². The Labute approximate surface area is 215 Å². The first kappa shape index (κ1) is 23.1. The Kier molecular flexibility index (Phi) is 6.01. The van der Waals surface area contributed by atoms with E-state index >= 15 is 0 Å². The van der Waals surface area contributed by atoms with E-state index in [2.05, 4.69) is 0 Å². The van der Waals surface area contributed by atoms with E-state index in [1.165, 1.54) is 24.3 Å². The standard InChI is InChI=1S/C33H25FO3/c34-25-17-15-22(16-18-25)32(36)31-29(21-9-3-1-4-10-21)24(20-35)19-27-30(31)26-13-7-8-14-28(26)37-33(27)23-11-5-2-6-12-23/h1-20,27,29-31,33H/t27-,29-,30-,31+,33-/m0/s1. The molecule has 0 fully saturated rings. The van der Waals surface area contributed by atoms with Crippen molar-refractivity contribution in [1.29, 1.82) is 0 Å². The van der Waals surface area contributed by atoms with Crippen LogP contribution in [0.15, 0.2) is 121 Å². The Morgan fingerprint density at radius 2 is 1.38 bits per heavy atom. The van der Waals surface area contributed by atoms with E-state index in [1.54, 1.807) is 0 Å². The molecule has 3 nitrogen and oxygen atoms in total. The van der Waals surface area contributed by atoms with Gasteiger partial charge in [-0.2, -0.15) is 0 Å². The normalized spacial score (nSPS) is 24.1. The van der Waals surface area contributed by atoms with Crippen molar-refractivity contribution < 1.29 is 18.7 Å². The molecule has 0 aromatic heterocycles. The Morgan fingerprint density at radius 3 is 2.05 bits per heavy atom. The number of fused-ring (bicyclic) bond motifs is 3. The zero-order valence-corrected chi connectivity index (χ0v) is 20.0. The minimum absolute atomic E-state index is 0.111. The fourth-order valence-corrected chi connectivity index (χ4v) is 6.07. The van der Waals surface area contributed by atoms with Crippen molar-refractivity contribution in [2.24, 2.45) is 11.8 Å². The molecule has 4 aromatic rings. The lowest BCUT2D eigenvalue weighted by molar-refractivity contribution is -0.105. The maximum absolute atomic E-state index is 14.4. The van der Waals surface area contributed by atoms with Crippen LogP contribution in [0.25, 0.3) is 0 Å². The zero-order chi connectivity index (χ0) is 25.4. The second-order valence-corrected chi connectivity index (χ2v) is 9.66. The second kappa shape index (κ2) is 9.62. The van der Waals surface area contributed by atoms with Gasteiger partial charge in [-0.25, -0.2) is 4.39 Å². The quantitative estimate of drug-likeness (QED) is 0.223. The van der Waals surface area contributed by atoms with Crippen molar-refractivity contribution in [2.45, 2.75) is 17.9 Å². The minimum atomic E-state index is -0.584. The predicted octanol–water partition coefficient (Wildman–Crippen LogP) is 7.08. The molecule has 0 N–H and O–H groups in total. The summed E-state index contributed by atoms with van der Waals surface area (Å²) in [6, 6.07) is 33.2. The Morgan fingerprint density at radius 1 is 0.757 bits per heavy atom. The van der Waals surface area contributed by atoms with E-state index in [1.807, 2.05) is 91.0 Å². The molecule has 0 amide bonds. The van der Waals surface area contributed by atoms with E-state index in [-0.39, 0.29) is 23.7 Å². The number of carbonyl (C=O) groups excluding carboxylic acids is 2. The van der Waals surface area contributed by atoms with Crippen LogP contribution in [-0.2, 0) is 4.79 Å². The molecule has 2 aliphatic rings. The first-order valence-corrected chi connectivity index (χ1v) is 12.5. The summed E-state index contributed by atoms with van der Waals surface area (Å²) < 4.78 is 20.3. The third-order valence-electron chi connectivity index (χ3n) is 7.64. The van der Waals surface area contributed by atoms with Crippen LogP contribution in [0.5, 0.6) is 5.75 Å². The van der Waals surface area contributed by atoms with Gasteiger partial charge in [0.25, 0.3) is 0 Å². The van der Waals surface area contributed by atoms with E-state index in [0.29, 0.717) is 11.1 Å². The highest BCUT2D eigenvalue weighted by Crippen LogP contribution is 2.57. The van der Waals surface area contributed by atoms with Crippen LogP contribution in [0.3, 0.4) is 0 Å². The second-order valence-electron chi connectivity index (χ2n) is 9.66. The molecule has 1 aliphatic heterocycles. The number of benzene rings is 4. The summed E-state index contributed by atoms with van der Waals surface area (Å²) in [5, 5.41) is 0. The summed E-state index contributed by atoms with van der Waals surface area (Å²) in [7, 11) is 0. The molecule has 0 unspecified atom stereocenters. The van der Waals surface area contributed by atoms with Crippen molar-refractivity contribution in [1.82, 2.24) is 0 Å². The highest BCUT2D eigenvalue weighted by atomic mass is 19.1. The number of rotatable bonds is 5. The smallest absolute Gasteiger partial charge is 0.167 e. The molecule has 5 atom stereocenters. The molecule has 182 valence electrons. The lowest BCUT2D eigenvalue weighted by atomic mass is 9.58. The van der Waals surface area contributed by atoms with Gasteiger partial charge in [0.05, 0.1) is 0 Å². The van der Waals surface area contributed by atoms with Crippen LogP contribution in [0, 0.1) is 17.7 Å². The summed E-state index contributed by atoms with van der Waals surface area (Å²) in [6.07, 6.45) is 2.52. The summed E-state index contributed by atoms with van der Waals surface area (Å²) in [5.74, 6) is -1.29. The molecule has 4 aromatic carbocycles. The van der Waals surface area contributed by atoms with Gasteiger partial charge < -0.3 is 4.74 Å². The molecule has 1 aliphatic carbocycles. The maximum atomic E-state index is 14.4. The molecule has 0 saturated carbocycles. The molecule has 0 radical (unpaired) electrons. The van der Waals surface area contributed by atoms with Crippen LogP contribution in [0.2, 0.25) is 0 Å². The number of ether oxygens (including phenoxy) is 1.